The first-order valence-electron chi connectivity index (χ1n) is 9.39. The fourth-order valence-corrected chi connectivity index (χ4v) is 3.66. The SMILES string of the molecule is O=C1NC(=S)N(c2cccc(Br)c2)C(=O)/C1=C\c1cc(N=Nc2ccccc2)ccc1O. The van der Waals surface area contributed by atoms with Gasteiger partial charge in [0, 0.05) is 10.0 Å². The zero-order chi connectivity index (χ0) is 22.7. The molecule has 2 N–H and O–H groups in total. The van der Waals surface area contributed by atoms with E-state index in [-0.39, 0.29) is 22.0 Å². The number of aromatic hydroxyl groups is 1. The number of nitrogens with zero attached hydrogens (tertiary/aromatic N) is 3. The maximum Gasteiger partial charge on any atom is 0.270 e. The average molecular weight is 507 g/mol. The molecule has 2 amide bonds. The van der Waals surface area contributed by atoms with Crippen LogP contribution in [0.15, 0.2) is 93.1 Å². The van der Waals surface area contributed by atoms with Crippen molar-refractivity contribution in [2.24, 2.45) is 10.2 Å². The number of hydrogen-bond donors (Lipinski definition) is 2. The molecular weight excluding hydrogens is 492 g/mol. The van der Waals surface area contributed by atoms with Crippen LogP contribution < -0.4 is 10.2 Å². The van der Waals surface area contributed by atoms with E-state index in [1.54, 1.807) is 36.4 Å². The number of rotatable bonds is 4. The molecule has 9 heteroatoms. The minimum absolute atomic E-state index is 0.0233. The van der Waals surface area contributed by atoms with Crippen molar-refractivity contribution in [1.29, 1.82) is 0 Å². The Morgan fingerprint density at radius 3 is 2.44 bits per heavy atom. The number of benzene rings is 3. The minimum atomic E-state index is -0.651. The lowest BCUT2D eigenvalue weighted by Crippen LogP contribution is -2.54. The van der Waals surface area contributed by atoms with E-state index in [0.717, 1.165) is 4.47 Å². The molecule has 32 heavy (non-hydrogen) atoms. The van der Waals surface area contributed by atoms with Crippen LogP contribution in [0.1, 0.15) is 5.56 Å². The van der Waals surface area contributed by atoms with Crippen molar-refractivity contribution in [3.63, 3.8) is 0 Å². The van der Waals surface area contributed by atoms with Crippen molar-refractivity contribution >= 4 is 68.2 Å². The second kappa shape index (κ2) is 9.21. The monoisotopic (exact) mass is 506 g/mol. The van der Waals surface area contributed by atoms with Crippen LogP contribution in [0.25, 0.3) is 6.08 Å². The molecule has 7 nitrogen and oxygen atoms in total. The maximum atomic E-state index is 13.1. The third kappa shape index (κ3) is 4.63. The Labute approximate surface area is 197 Å². The first-order valence-corrected chi connectivity index (χ1v) is 10.6. The zero-order valence-corrected chi connectivity index (χ0v) is 18.8. The fraction of sp³-hybridized carbons (Fsp3) is 0. The second-order valence-corrected chi connectivity index (χ2v) is 8.02. The lowest BCUT2D eigenvalue weighted by Gasteiger charge is -2.29. The van der Waals surface area contributed by atoms with E-state index in [4.69, 9.17) is 12.2 Å². The Bertz CT molecular complexity index is 1290. The molecule has 3 aromatic rings. The largest absolute Gasteiger partial charge is 0.507 e. The fourth-order valence-electron chi connectivity index (χ4n) is 2.99. The lowest BCUT2D eigenvalue weighted by atomic mass is 10.1. The molecule has 0 radical (unpaired) electrons. The van der Waals surface area contributed by atoms with Crippen molar-refractivity contribution in [1.82, 2.24) is 5.32 Å². The average Bonchev–Trinajstić information content (AvgIpc) is 2.77. The molecule has 1 fully saturated rings. The number of hydrogen-bond acceptors (Lipinski definition) is 6. The summed E-state index contributed by atoms with van der Waals surface area (Å²) in [6.07, 6.45) is 1.31. The first-order chi connectivity index (χ1) is 15.4. The number of halogens is 1. The van der Waals surface area contributed by atoms with E-state index in [0.29, 0.717) is 17.1 Å². The van der Waals surface area contributed by atoms with Gasteiger partial charge in [0.1, 0.15) is 11.3 Å². The topological polar surface area (TPSA) is 94.4 Å². The number of azo groups is 1. The summed E-state index contributed by atoms with van der Waals surface area (Å²) in [5, 5.41) is 21.1. The summed E-state index contributed by atoms with van der Waals surface area (Å²) in [6, 6.07) is 20.7. The van der Waals surface area contributed by atoms with Crippen LogP contribution in [0.3, 0.4) is 0 Å². The number of phenols is 1. The summed E-state index contributed by atoms with van der Waals surface area (Å²) in [5.74, 6) is -1.37. The van der Waals surface area contributed by atoms with Gasteiger partial charge in [-0.15, -0.1) is 0 Å². The van der Waals surface area contributed by atoms with E-state index in [2.05, 4.69) is 31.5 Å². The van der Waals surface area contributed by atoms with Crippen molar-refractivity contribution in [3.05, 3.63) is 88.4 Å². The molecule has 4 rings (SSSR count). The Morgan fingerprint density at radius 2 is 1.69 bits per heavy atom. The van der Waals surface area contributed by atoms with Gasteiger partial charge < -0.3 is 5.11 Å². The highest BCUT2D eigenvalue weighted by molar-refractivity contribution is 9.10. The molecule has 0 spiro atoms. The summed E-state index contributed by atoms with van der Waals surface area (Å²) in [6.45, 7) is 0. The Kier molecular flexibility index (Phi) is 6.20. The standard InChI is InChI=1S/C23H15BrN4O3S/c24-15-5-4-8-18(13-15)28-22(31)19(21(30)25-23(28)32)12-14-11-17(9-10-20(14)29)27-26-16-6-2-1-3-7-16/h1-13,29H,(H,25,30,32)/b19-12-,27-26?. The van der Waals surface area contributed by atoms with Gasteiger partial charge in [-0.2, -0.15) is 10.2 Å². The molecule has 3 aromatic carbocycles. The molecule has 1 aliphatic rings. The number of anilines is 1. The number of phenolic OH excluding ortho intramolecular Hbond substituents is 1. The van der Waals surface area contributed by atoms with Gasteiger partial charge in [0.2, 0.25) is 0 Å². The highest BCUT2D eigenvalue weighted by Crippen LogP contribution is 2.29. The number of carbonyl (C=O) groups excluding carboxylic acids is 2. The van der Waals surface area contributed by atoms with Gasteiger partial charge in [0.05, 0.1) is 17.1 Å². The van der Waals surface area contributed by atoms with Gasteiger partial charge in [-0.25, -0.2) is 0 Å². The van der Waals surface area contributed by atoms with Gasteiger partial charge in [-0.3, -0.25) is 19.8 Å². The molecule has 1 heterocycles. The van der Waals surface area contributed by atoms with E-state index < -0.39 is 11.8 Å². The van der Waals surface area contributed by atoms with Crippen LogP contribution in [0.4, 0.5) is 17.1 Å². The number of nitrogens with one attached hydrogen (secondary N) is 1. The van der Waals surface area contributed by atoms with E-state index in [1.165, 1.54) is 23.1 Å². The molecular formula is C23H15BrN4O3S. The number of carbonyl (C=O) groups is 2. The van der Waals surface area contributed by atoms with Crippen LogP contribution in [-0.4, -0.2) is 22.0 Å². The second-order valence-electron chi connectivity index (χ2n) is 6.72. The molecule has 0 atom stereocenters. The summed E-state index contributed by atoms with van der Waals surface area (Å²) in [4.78, 5) is 26.9. The van der Waals surface area contributed by atoms with Gasteiger partial charge in [0.25, 0.3) is 11.8 Å². The van der Waals surface area contributed by atoms with E-state index in [1.807, 2.05) is 24.3 Å². The third-order valence-corrected chi connectivity index (χ3v) is 5.29. The maximum absolute atomic E-state index is 13.1. The zero-order valence-electron chi connectivity index (χ0n) is 16.4. The quantitative estimate of drug-likeness (QED) is 0.214. The summed E-state index contributed by atoms with van der Waals surface area (Å²) in [5.41, 5.74) is 1.68. The predicted octanol–water partition coefficient (Wildman–Crippen LogP) is 5.40. The third-order valence-electron chi connectivity index (χ3n) is 4.52. The van der Waals surface area contributed by atoms with Crippen molar-refractivity contribution < 1.29 is 14.7 Å². The Balaban J connectivity index is 1.68. The Hall–Kier alpha value is -3.69. The van der Waals surface area contributed by atoms with Gasteiger partial charge in [-0.1, -0.05) is 40.2 Å². The van der Waals surface area contributed by atoms with Crippen molar-refractivity contribution in [2.75, 3.05) is 4.90 Å². The summed E-state index contributed by atoms with van der Waals surface area (Å²) >= 11 is 8.57. The molecule has 1 saturated heterocycles. The highest BCUT2D eigenvalue weighted by Gasteiger charge is 2.34. The minimum Gasteiger partial charge on any atom is -0.507 e. The van der Waals surface area contributed by atoms with E-state index >= 15 is 0 Å². The van der Waals surface area contributed by atoms with Crippen molar-refractivity contribution in [2.45, 2.75) is 0 Å². The normalized spacial score (nSPS) is 15.5. The smallest absolute Gasteiger partial charge is 0.270 e. The van der Waals surface area contributed by atoms with Crippen LogP contribution >= 0.6 is 28.1 Å². The van der Waals surface area contributed by atoms with Gasteiger partial charge in [-0.05, 0) is 66.8 Å². The summed E-state index contributed by atoms with van der Waals surface area (Å²) < 4.78 is 0.752. The first kappa shape index (κ1) is 21.5. The molecule has 0 aromatic heterocycles. The molecule has 0 saturated carbocycles. The molecule has 1 aliphatic heterocycles. The highest BCUT2D eigenvalue weighted by atomic mass is 79.9. The number of amides is 2. The van der Waals surface area contributed by atoms with Crippen molar-refractivity contribution in [3.8, 4) is 5.75 Å². The lowest BCUT2D eigenvalue weighted by molar-refractivity contribution is -0.122. The molecule has 0 aliphatic carbocycles. The molecule has 0 unspecified atom stereocenters. The number of thiocarbonyl (C=S) groups is 1. The predicted molar refractivity (Wildman–Crippen MR) is 129 cm³/mol. The van der Waals surface area contributed by atoms with Crippen LogP contribution in [0.5, 0.6) is 5.75 Å². The van der Waals surface area contributed by atoms with Crippen LogP contribution in [-0.2, 0) is 9.59 Å². The van der Waals surface area contributed by atoms with E-state index in [9.17, 15) is 14.7 Å². The van der Waals surface area contributed by atoms with Gasteiger partial charge in [0.15, 0.2) is 5.11 Å². The Morgan fingerprint density at radius 1 is 0.938 bits per heavy atom. The summed E-state index contributed by atoms with van der Waals surface area (Å²) in [7, 11) is 0. The molecule has 0 bridgehead atoms. The van der Waals surface area contributed by atoms with Crippen LogP contribution in [0.2, 0.25) is 0 Å². The van der Waals surface area contributed by atoms with Gasteiger partial charge >= 0.3 is 0 Å². The molecule has 158 valence electrons. The van der Waals surface area contributed by atoms with Crippen LogP contribution in [0, 0.1) is 0 Å².